The van der Waals surface area contributed by atoms with Gasteiger partial charge in [0, 0.05) is 5.75 Å². The SMILES string of the molecule is CSCCC(NC(=O)C(N)CS)C(=O)NC(CC(=O)O)C(=O)NCC(=O)O. The molecule has 154 valence electrons. The van der Waals surface area contributed by atoms with Crippen molar-refractivity contribution in [2.24, 2.45) is 5.73 Å². The number of thioether (sulfide) groups is 1. The first-order valence-electron chi connectivity index (χ1n) is 7.79. The third kappa shape index (κ3) is 10.7. The summed E-state index contributed by atoms with van der Waals surface area (Å²) in [5, 5.41) is 24.2. The zero-order valence-corrected chi connectivity index (χ0v) is 16.3. The molecule has 0 aliphatic carbocycles. The second-order valence-electron chi connectivity index (χ2n) is 5.40. The van der Waals surface area contributed by atoms with E-state index in [1.807, 2.05) is 5.32 Å². The van der Waals surface area contributed by atoms with Gasteiger partial charge in [0.1, 0.15) is 18.6 Å². The quantitative estimate of drug-likeness (QED) is 0.159. The van der Waals surface area contributed by atoms with Gasteiger partial charge in [-0.3, -0.25) is 24.0 Å². The Labute approximate surface area is 165 Å². The predicted octanol–water partition coefficient (Wildman–Crippen LogP) is -2.36. The van der Waals surface area contributed by atoms with Crippen molar-refractivity contribution in [2.45, 2.75) is 31.0 Å². The van der Waals surface area contributed by atoms with Crippen molar-refractivity contribution in [3.63, 3.8) is 0 Å². The molecule has 3 unspecified atom stereocenters. The Balaban J connectivity index is 5.15. The second kappa shape index (κ2) is 13.2. The molecule has 0 bridgehead atoms. The minimum Gasteiger partial charge on any atom is -0.481 e. The standard InChI is InChI=1S/C14H24N4O7S2/c1-27-3-2-8(17-12(23)7(15)6-26)14(25)18-9(4-10(19)20)13(24)16-5-11(21)22/h7-9,26H,2-6,15H2,1H3,(H,16,24)(H,17,23)(H,18,25)(H,19,20)(H,21,22). The molecular weight excluding hydrogens is 400 g/mol. The van der Waals surface area contributed by atoms with Crippen molar-refractivity contribution in [1.82, 2.24) is 16.0 Å². The molecule has 0 spiro atoms. The predicted molar refractivity (Wildman–Crippen MR) is 102 cm³/mol. The third-order valence-electron chi connectivity index (χ3n) is 3.20. The molecule has 0 aromatic carbocycles. The van der Waals surface area contributed by atoms with E-state index in [0.717, 1.165) is 0 Å². The largest absolute Gasteiger partial charge is 0.481 e. The topological polar surface area (TPSA) is 188 Å². The van der Waals surface area contributed by atoms with Crippen LogP contribution in [-0.2, 0) is 24.0 Å². The molecule has 0 aromatic heterocycles. The molecule has 0 radical (unpaired) electrons. The molecule has 27 heavy (non-hydrogen) atoms. The number of rotatable bonds is 13. The minimum absolute atomic E-state index is 0.0575. The highest BCUT2D eigenvalue weighted by Gasteiger charge is 2.29. The Morgan fingerprint density at radius 1 is 1.00 bits per heavy atom. The maximum Gasteiger partial charge on any atom is 0.322 e. The van der Waals surface area contributed by atoms with E-state index < -0.39 is 60.8 Å². The van der Waals surface area contributed by atoms with Crippen LogP contribution in [0.1, 0.15) is 12.8 Å². The zero-order chi connectivity index (χ0) is 21.0. The smallest absolute Gasteiger partial charge is 0.322 e. The average molecular weight is 425 g/mol. The molecule has 0 aliphatic rings. The van der Waals surface area contributed by atoms with E-state index in [4.69, 9.17) is 15.9 Å². The van der Waals surface area contributed by atoms with Crippen LogP contribution in [-0.4, -0.2) is 82.3 Å². The van der Waals surface area contributed by atoms with Gasteiger partial charge >= 0.3 is 11.9 Å². The molecule has 11 nitrogen and oxygen atoms in total. The molecule has 3 amide bonds. The third-order valence-corrected chi connectivity index (χ3v) is 4.24. The summed E-state index contributed by atoms with van der Waals surface area (Å²) < 4.78 is 0. The molecule has 0 saturated heterocycles. The van der Waals surface area contributed by atoms with Gasteiger partial charge in [0.2, 0.25) is 17.7 Å². The van der Waals surface area contributed by atoms with Gasteiger partial charge in [0.15, 0.2) is 0 Å². The number of aliphatic carboxylic acids is 2. The number of carboxylic acids is 2. The second-order valence-corrected chi connectivity index (χ2v) is 6.75. The average Bonchev–Trinajstić information content (AvgIpc) is 2.60. The van der Waals surface area contributed by atoms with Gasteiger partial charge in [0.05, 0.1) is 12.5 Å². The van der Waals surface area contributed by atoms with Crippen molar-refractivity contribution < 1.29 is 34.2 Å². The fourth-order valence-electron chi connectivity index (χ4n) is 1.81. The number of carbonyl (C=O) groups is 5. The van der Waals surface area contributed by atoms with Gasteiger partial charge in [0.25, 0.3) is 0 Å². The Kier molecular flexibility index (Phi) is 12.2. The van der Waals surface area contributed by atoms with Crippen molar-refractivity contribution >= 4 is 54.1 Å². The number of hydrogen-bond acceptors (Lipinski definition) is 8. The fraction of sp³-hybridized carbons (Fsp3) is 0.643. The number of carboxylic acid groups (broad SMARTS) is 2. The maximum atomic E-state index is 12.4. The molecule has 13 heteroatoms. The monoisotopic (exact) mass is 424 g/mol. The number of carbonyl (C=O) groups excluding carboxylic acids is 3. The first-order valence-corrected chi connectivity index (χ1v) is 9.82. The lowest BCUT2D eigenvalue weighted by molar-refractivity contribution is -0.141. The van der Waals surface area contributed by atoms with Gasteiger partial charge in [-0.05, 0) is 18.4 Å². The summed E-state index contributed by atoms with van der Waals surface area (Å²) in [6.07, 6.45) is 1.26. The van der Waals surface area contributed by atoms with Crippen LogP contribution in [0.3, 0.4) is 0 Å². The summed E-state index contributed by atoms with van der Waals surface area (Å²) in [6, 6.07) is -3.48. The van der Waals surface area contributed by atoms with E-state index in [1.54, 1.807) is 6.26 Å². The first kappa shape index (κ1) is 25.0. The van der Waals surface area contributed by atoms with Crippen LogP contribution in [0, 0.1) is 0 Å². The van der Waals surface area contributed by atoms with Crippen LogP contribution in [0.2, 0.25) is 0 Å². The summed E-state index contributed by atoms with van der Waals surface area (Å²) in [5.74, 6) is -4.49. The van der Waals surface area contributed by atoms with E-state index in [1.165, 1.54) is 11.8 Å². The van der Waals surface area contributed by atoms with E-state index in [-0.39, 0.29) is 12.2 Å². The van der Waals surface area contributed by atoms with Gasteiger partial charge in [-0.25, -0.2) is 0 Å². The number of nitrogens with two attached hydrogens (primary N) is 1. The molecule has 0 aliphatic heterocycles. The van der Waals surface area contributed by atoms with Gasteiger partial charge in [-0.2, -0.15) is 24.4 Å². The van der Waals surface area contributed by atoms with Crippen LogP contribution in [0.5, 0.6) is 0 Å². The molecule has 0 rings (SSSR count). The van der Waals surface area contributed by atoms with Crippen LogP contribution < -0.4 is 21.7 Å². The number of thiol groups is 1. The highest BCUT2D eigenvalue weighted by molar-refractivity contribution is 7.98. The van der Waals surface area contributed by atoms with Crippen LogP contribution in [0.15, 0.2) is 0 Å². The van der Waals surface area contributed by atoms with Gasteiger partial charge in [-0.15, -0.1) is 0 Å². The van der Waals surface area contributed by atoms with Crippen LogP contribution in [0.25, 0.3) is 0 Å². The van der Waals surface area contributed by atoms with Gasteiger partial charge in [-0.1, -0.05) is 0 Å². The Hall–Kier alpha value is -1.99. The molecular formula is C14H24N4O7S2. The fourth-order valence-corrected chi connectivity index (χ4v) is 2.45. The highest BCUT2D eigenvalue weighted by Crippen LogP contribution is 2.04. The van der Waals surface area contributed by atoms with Crippen molar-refractivity contribution in [3.8, 4) is 0 Å². The molecule has 7 N–H and O–H groups in total. The highest BCUT2D eigenvalue weighted by atomic mass is 32.2. The van der Waals surface area contributed by atoms with Crippen LogP contribution in [0.4, 0.5) is 0 Å². The summed E-state index contributed by atoms with van der Waals surface area (Å²) in [7, 11) is 0. The molecule has 0 saturated carbocycles. The molecule has 0 fully saturated rings. The molecule has 0 aromatic rings. The van der Waals surface area contributed by atoms with Crippen molar-refractivity contribution in [2.75, 3.05) is 24.3 Å². The number of hydrogen-bond donors (Lipinski definition) is 7. The van der Waals surface area contributed by atoms with Gasteiger partial charge < -0.3 is 31.9 Å². The Morgan fingerprint density at radius 2 is 1.59 bits per heavy atom. The van der Waals surface area contributed by atoms with E-state index >= 15 is 0 Å². The molecule has 0 heterocycles. The lowest BCUT2D eigenvalue weighted by Gasteiger charge is -2.23. The lowest BCUT2D eigenvalue weighted by Crippen LogP contribution is -2.56. The minimum atomic E-state index is -1.50. The molecule has 3 atom stereocenters. The summed E-state index contributed by atoms with van der Waals surface area (Å²) in [4.78, 5) is 57.8. The summed E-state index contributed by atoms with van der Waals surface area (Å²) in [6.45, 7) is -0.728. The van der Waals surface area contributed by atoms with E-state index in [2.05, 4.69) is 23.3 Å². The zero-order valence-electron chi connectivity index (χ0n) is 14.6. The number of amides is 3. The van der Waals surface area contributed by atoms with E-state index in [0.29, 0.717) is 5.75 Å². The van der Waals surface area contributed by atoms with Crippen molar-refractivity contribution in [3.05, 3.63) is 0 Å². The number of nitrogens with one attached hydrogen (secondary N) is 3. The first-order chi connectivity index (χ1) is 12.6. The maximum absolute atomic E-state index is 12.4. The Morgan fingerprint density at radius 3 is 2.07 bits per heavy atom. The summed E-state index contributed by atoms with van der Waals surface area (Å²) >= 11 is 5.32. The summed E-state index contributed by atoms with van der Waals surface area (Å²) in [5.41, 5.74) is 5.55. The normalized spacial score (nSPS) is 13.7. The Bertz CT molecular complexity index is 562. The lowest BCUT2D eigenvalue weighted by atomic mass is 10.1. The van der Waals surface area contributed by atoms with Crippen molar-refractivity contribution in [1.29, 1.82) is 0 Å². The van der Waals surface area contributed by atoms with Crippen LogP contribution >= 0.6 is 24.4 Å². The van der Waals surface area contributed by atoms with E-state index in [9.17, 15) is 24.0 Å².